The molecule has 4 nitrogen and oxygen atoms in total. The number of aryl methyl sites for hydroxylation is 1. The van der Waals surface area contributed by atoms with Gasteiger partial charge >= 0.3 is 5.97 Å². The number of cyclic esters (lactones) is 1. The van der Waals surface area contributed by atoms with E-state index in [2.05, 4.69) is 22.0 Å². The number of carbonyl (C=O) groups is 2. The Bertz CT molecular complexity index is 879. The minimum atomic E-state index is -1.18. The fourth-order valence-corrected chi connectivity index (χ4v) is 4.06. The van der Waals surface area contributed by atoms with Crippen LogP contribution in [0, 0.1) is 0 Å². The van der Waals surface area contributed by atoms with Gasteiger partial charge in [0.1, 0.15) is 0 Å². The lowest BCUT2D eigenvalue weighted by atomic mass is 9.88. The van der Waals surface area contributed by atoms with Crippen molar-refractivity contribution in [3.63, 3.8) is 0 Å². The quantitative estimate of drug-likeness (QED) is 0.683. The number of amides is 1. The van der Waals surface area contributed by atoms with Crippen LogP contribution >= 0.6 is 15.9 Å². The molecule has 2 aromatic rings. The summed E-state index contributed by atoms with van der Waals surface area (Å²) in [5.41, 5.74) is 2.29. The summed E-state index contributed by atoms with van der Waals surface area (Å²) in [6.45, 7) is 2.37. The van der Waals surface area contributed by atoms with Crippen molar-refractivity contribution in [2.24, 2.45) is 0 Å². The number of ether oxygens (including phenoxy) is 1. The molecule has 2 aromatic carbocycles. The zero-order chi connectivity index (χ0) is 17.6. The second-order valence-corrected chi connectivity index (χ2v) is 7.70. The second-order valence-electron chi connectivity index (χ2n) is 6.79. The van der Waals surface area contributed by atoms with E-state index >= 15 is 0 Å². The Morgan fingerprint density at radius 3 is 2.84 bits per heavy atom. The fourth-order valence-electron chi connectivity index (χ4n) is 3.70. The van der Waals surface area contributed by atoms with E-state index in [1.807, 2.05) is 30.3 Å². The molecule has 25 heavy (non-hydrogen) atoms. The largest absolute Gasteiger partial charge is 0.445 e. The van der Waals surface area contributed by atoms with E-state index in [0.717, 1.165) is 34.1 Å². The fraction of sp³-hybridized carbons (Fsp3) is 0.300. The van der Waals surface area contributed by atoms with E-state index in [9.17, 15) is 9.59 Å². The number of halogens is 1. The molecule has 5 heteroatoms. The normalized spacial score (nSPS) is 22.0. The highest BCUT2D eigenvalue weighted by Crippen LogP contribution is 2.35. The highest BCUT2D eigenvalue weighted by Gasteiger charge is 2.45. The van der Waals surface area contributed by atoms with E-state index in [1.54, 1.807) is 17.9 Å². The van der Waals surface area contributed by atoms with Gasteiger partial charge in [0.15, 0.2) is 5.60 Å². The molecule has 0 saturated carbocycles. The van der Waals surface area contributed by atoms with Gasteiger partial charge in [0, 0.05) is 23.1 Å². The van der Waals surface area contributed by atoms with Crippen molar-refractivity contribution in [1.82, 2.24) is 0 Å². The van der Waals surface area contributed by atoms with Crippen LogP contribution in [0.15, 0.2) is 46.9 Å². The highest BCUT2D eigenvalue weighted by molar-refractivity contribution is 9.10. The monoisotopic (exact) mass is 399 g/mol. The lowest BCUT2D eigenvalue weighted by Crippen LogP contribution is -2.54. The molecular weight excluding hydrogens is 382 g/mol. The molecule has 1 amide bonds. The number of hydrogen-bond acceptors (Lipinski definition) is 3. The number of hydrogen-bond donors (Lipinski definition) is 0. The molecule has 1 atom stereocenters. The van der Waals surface area contributed by atoms with Crippen molar-refractivity contribution in [2.45, 2.75) is 31.8 Å². The zero-order valence-corrected chi connectivity index (χ0v) is 15.5. The van der Waals surface area contributed by atoms with Gasteiger partial charge < -0.3 is 9.64 Å². The summed E-state index contributed by atoms with van der Waals surface area (Å²) < 4.78 is 6.46. The standard InChI is InChI=1S/C20H18BrNO3/c1-20(12-14-8-9-15(21)11-16(14)18(23)25-20)19(24)22-10-4-6-13-5-2-3-7-17(13)22/h2-3,5,7-9,11H,4,6,10,12H2,1H3/t20-/m0/s1. The number of benzene rings is 2. The van der Waals surface area contributed by atoms with Gasteiger partial charge in [0.05, 0.1) is 5.56 Å². The maximum Gasteiger partial charge on any atom is 0.339 e. The summed E-state index contributed by atoms with van der Waals surface area (Å²) in [6, 6.07) is 13.5. The number of anilines is 1. The van der Waals surface area contributed by atoms with Gasteiger partial charge in [0.2, 0.25) is 0 Å². The summed E-state index contributed by atoms with van der Waals surface area (Å²) in [5, 5.41) is 0. The predicted molar refractivity (Wildman–Crippen MR) is 98.8 cm³/mol. The van der Waals surface area contributed by atoms with Crippen molar-refractivity contribution in [2.75, 3.05) is 11.4 Å². The van der Waals surface area contributed by atoms with E-state index in [0.29, 0.717) is 18.5 Å². The Kier molecular flexibility index (Phi) is 3.91. The van der Waals surface area contributed by atoms with Crippen molar-refractivity contribution in [3.05, 3.63) is 63.6 Å². The number of carbonyl (C=O) groups excluding carboxylic acids is 2. The van der Waals surface area contributed by atoms with Crippen LogP contribution in [0.5, 0.6) is 0 Å². The smallest absolute Gasteiger partial charge is 0.339 e. The van der Waals surface area contributed by atoms with Crippen LogP contribution in [0.25, 0.3) is 0 Å². The number of fused-ring (bicyclic) bond motifs is 2. The van der Waals surface area contributed by atoms with Crippen LogP contribution in [0.2, 0.25) is 0 Å². The minimum absolute atomic E-state index is 0.151. The molecule has 4 rings (SSSR count). The Morgan fingerprint density at radius 2 is 2.00 bits per heavy atom. The first-order valence-electron chi connectivity index (χ1n) is 8.39. The number of nitrogens with zero attached hydrogens (tertiary/aromatic N) is 1. The van der Waals surface area contributed by atoms with Gasteiger partial charge in [-0.2, -0.15) is 0 Å². The van der Waals surface area contributed by atoms with E-state index in [4.69, 9.17) is 4.74 Å². The molecule has 0 aromatic heterocycles. The summed E-state index contributed by atoms with van der Waals surface area (Å²) >= 11 is 3.37. The van der Waals surface area contributed by atoms with Crippen molar-refractivity contribution >= 4 is 33.5 Å². The molecule has 0 saturated heterocycles. The molecule has 2 heterocycles. The lowest BCUT2D eigenvalue weighted by molar-refractivity contribution is -0.137. The third-order valence-corrected chi connectivity index (χ3v) is 5.44. The van der Waals surface area contributed by atoms with Crippen molar-refractivity contribution in [3.8, 4) is 0 Å². The summed E-state index contributed by atoms with van der Waals surface area (Å²) in [7, 11) is 0. The predicted octanol–water partition coefficient (Wildman–Crippen LogP) is 3.90. The topological polar surface area (TPSA) is 46.6 Å². The number of para-hydroxylation sites is 1. The third kappa shape index (κ3) is 2.76. The molecule has 0 unspecified atom stereocenters. The van der Waals surface area contributed by atoms with Crippen LogP contribution in [0.4, 0.5) is 5.69 Å². The van der Waals surface area contributed by atoms with Crippen molar-refractivity contribution < 1.29 is 14.3 Å². The first-order valence-corrected chi connectivity index (χ1v) is 9.19. The second kappa shape index (κ2) is 5.99. The van der Waals surface area contributed by atoms with Crippen LogP contribution < -0.4 is 4.90 Å². The van der Waals surface area contributed by atoms with E-state index < -0.39 is 11.6 Å². The maximum absolute atomic E-state index is 13.3. The van der Waals surface area contributed by atoms with Gasteiger partial charge in [-0.1, -0.05) is 40.2 Å². The van der Waals surface area contributed by atoms with Crippen LogP contribution in [0.1, 0.15) is 34.8 Å². The average molecular weight is 400 g/mol. The molecule has 0 aliphatic carbocycles. The van der Waals surface area contributed by atoms with Crippen molar-refractivity contribution in [1.29, 1.82) is 0 Å². The molecule has 2 aliphatic rings. The first-order chi connectivity index (χ1) is 12.0. The van der Waals surface area contributed by atoms with Crippen LogP contribution in [0.3, 0.4) is 0 Å². The Morgan fingerprint density at radius 1 is 1.20 bits per heavy atom. The van der Waals surface area contributed by atoms with E-state index in [-0.39, 0.29) is 5.91 Å². The molecular formula is C20H18BrNO3. The van der Waals surface area contributed by atoms with Crippen LogP contribution in [-0.2, 0) is 22.4 Å². The SMILES string of the molecule is C[C@@]1(C(=O)N2CCCc3ccccc32)Cc2ccc(Br)cc2C(=O)O1. The van der Waals surface area contributed by atoms with Gasteiger partial charge in [-0.25, -0.2) is 4.79 Å². The van der Waals surface area contributed by atoms with E-state index in [1.165, 1.54) is 0 Å². The molecule has 0 N–H and O–H groups in total. The minimum Gasteiger partial charge on any atom is -0.445 e. The van der Waals surface area contributed by atoms with Gasteiger partial charge in [-0.05, 0) is 49.1 Å². The molecule has 0 radical (unpaired) electrons. The average Bonchev–Trinajstić information content (AvgIpc) is 2.61. The highest BCUT2D eigenvalue weighted by atomic mass is 79.9. The number of rotatable bonds is 1. The van der Waals surface area contributed by atoms with Gasteiger partial charge in [-0.3, -0.25) is 4.79 Å². The molecule has 2 aliphatic heterocycles. The molecule has 0 bridgehead atoms. The zero-order valence-electron chi connectivity index (χ0n) is 13.9. The van der Waals surface area contributed by atoms with Crippen LogP contribution in [-0.4, -0.2) is 24.0 Å². The summed E-state index contributed by atoms with van der Waals surface area (Å²) in [6.07, 6.45) is 2.27. The Labute approximate surface area is 154 Å². The Balaban J connectivity index is 1.69. The molecule has 0 spiro atoms. The number of esters is 1. The Hall–Kier alpha value is -2.14. The first kappa shape index (κ1) is 16.3. The van der Waals surface area contributed by atoms with Gasteiger partial charge in [0.25, 0.3) is 5.91 Å². The maximum atomic E-state index is 13.3. The molecule has 0 fully saturated rings. The molecule has 128 valence electrons. The summed E-state index contributed by atoms with van der Waals surface area (Å²) in [5.74, 6) is -0.592. The lowest BCUT2D eigenvalue weighted by Gasteiger charge is -2.39. The summed E-state index contributed by atoms with van der Waals surface area (Å²) in [4.78, 5) is 27.5. The third-order valence-electron chi connectivity index (χ3n) is 4.95. The van der Waals surface area contributed by atoms with Gasteiger partial charge in [-0.15, -0.1) is 0 Å².